The fraction of sp³-hybridized carbons (Fsp3) is 0.643. The first-order valence-corrected chi connectivity index (χ1v) is 9.42. The maximum atomic E-state index is 12.5. The molecule has 2 rings (SSSR count). The van der Waals surface area contributed by atoms with E-state index in [4.69, 9.17) is 5.11 Å². The Kier molecular flexibility index (Phi) is 4.75. The maximum Gasteiger partial charge on any atom is 0.347 e. The fourth-order valence-electron chi connectivity index (χ4n) is 2.84. The average Bonchev–Trinajstić information content (AvgIpc) is 2.81. The quantitative estimate of drug-likeness (QED) is 0.869. The van der Waals surface area contributed by atoms with Crippen molar-refractivity contribution in [3.8, 4) is 0 Å². The van der Waals surface area contributed by atoms with Crippen LogP contribution in [-0.2, 0) is 10.0 Å². The standard InChI is InChI=1S/C14H21NO4S2/c1-10-8-20-11(13(16)17)12(10)21(18,19)15-9-14(2)6-4-3-5-7-14/h8,15H,3-7,9H2,1-2H3,(H,16,17). The minimum Gasteiger partial charge on any atom is -0.477 e. The van der Waals surface area contributed by atoms with Crippen molar-refractivity contribution in [3.63, 3.8) is 0 Å². The van der Waals surface area contributed by atoms with Gasteiger partial charge in [-0.15, -0.1) is 11.3 Å². The van der Waals surface area contributed by atoms with Crippen molar-refractivity contribution < 1.29 is 18.3 Å². The molecule has 118 valence electrons. The summed E-state index contributed by atoms with van der Waals surface area (Å²) in [4.78, 5) is 11.0. The lowest BCUT2D eigenvalue weighted by atomic mass is 9.76. The van der Waals surface area contributed by atoms with Crippen LogP contribution in [0.4, 0.5) is 0 Å². The molecule has 0 spiro atoms. The summed E-state index contributed by atoms with van der Waals surface area (Å²) in [5.74, 6) is -1.20. The maximum absolute atomic E-state index is 12.5. The van der Waals surface area contributed by atoms with Crippen LogP contribution in [0.1, 0.15) is 54.3 Å². The predicted molar refractivity (Wildman–Crippen MR) is 82.4 cm³/mol. The molecular weight excluding hydrogens is 310 g/mol. The topological polar surface area (TPSA) is 83.5 Å². The van der Waals surface area contributed by atoms with Crippen molar-refractivity contribution in [1.29, 1.82) is 0 Å². The van der Waals surface area contributed by atoms with Gasteiger partial charge in [-0.1, -0.05) is 26.2 Å². The summed E-state index contributed by atoms with van der Waals surface area (Å²) < 4.78 is 27.5. The van der Waals surface area contributed by atoms with Gasteiger partial charge >= 0.3 is 5.97 Å². The number of carboxylic acids is 1. The molecule has 1 aromatic heterocycles. The molecule has 1 aromatic rings. The van der Waals surface area contributed by atoms with Crippen molar-refractivity contribution in [2.45, 2.75) is 50.8 Å². The van der Waals surface area contributed by atoms with Crippen molar-refractivity contribution in [2.24, 2.45) is 5.41 Å². The highest BCUT2D eigenvalue weighted by atomic mass is 32.2. The molecule has 1 heterocycles. The summed E-state index contributed by atoms with van der Waals surface area (Å²) in [6.45, 7) is 4.08. The van der Waals surface area contributed by atoms with Gasteiger partial charge in [-0.2, -0.15) is 0 Å². The Balaban J connectivity index is 2.19. The number of carbonyl (C=O) groups is 1. The minimum absolute atomic E-state index is 0.0291. The lowest BCUT2D eigenvalue weighted by Gasteiger charge is -2.33. The first-order valence-electron chi connectivity index (χ1n) is 7.06. The number of thiophene rings is 1. The molecule has 1 fully saturated rings. The summed E-state index contributed by atoms with van der Waals surface area (Å²) in [6.07, 6.45) is 5.45. The fourth-order valence-corrected chi connectivity index (χ4v) is 5.66. The van der Waals surface area contributed by atoms with Crippen LogP contribution in [0.5, 0.6) is 0 Å². The van der Waals surface area contributed by atoms with Gasteiger partial charge in [0, 0.05) is 6.54 Å². The second-order valence-electron chi connectivity index (χ2n) is 6.08. The third kappa shape index (κ3) is 3.64. The van der Waals surface area contributed by atoms with Gasteiger partial charge in [0.05, 0.1) is 0 Å². The van der Waals surface area contributed by atoms with E-state index in [9.17, 15) is 13.2 Å². The summed E-state index contributed by atoms with van der Waals surface area (Å²) in [6, 6.07) is 0. The molecule has 0 bridgehead atoms. The Morgan fingerprint density at radius 2 is 2.00 bits per heavy atom. The van der Waals surface area contributed by atoms with Crippen LogP contribution in [0.25, 0.3) is 0 Å². The number of sulfonamides is 1. The lowest BCUT2D eigenvalue weighted by molar-refractivity contribution is 0.0698. The van der Waals surface area contributed by atoms with E-state index < -0.39 is 16.0 Å². The molecule has 0 unspecified atom stereocenters. The smallest absolute Gasteiger partial charge is 0.347 e. The minimum atomic E-state index is -3.78. The number of hydrogen-bond acceptors (Lipinski definition) is 4. The van der Waals surface area contributed by atoms with Gasteiger partial charge in [-0.3, -0.25) is 0 Å². The molecule has 7 heteroatoms. The van der Waals surface area contributed by atoms with Crippen LogP contribution < -0.4 is 4.72 Å². The van der Waals surface area contributed by atoms with Crippen LogP contribution in [0.15, 0.2) is 10.3 Å². The molecule has 0 aromatic carbocycles. The number of rotatable bonds is 5. The Labute approximate surface area is 129 Å². The molecule has 21 heavy (non-hydrogen) atoms. The van der Waals surface area contributed by atoms with E-state index in [-0.39, 0.29) is 15.2 Å². The van der Waals surface area contributed by atoms with E-state index in [0.29, 0.717) is 12.1 Å². The number of nitrogens with one attached hydrogen (secondary N) is 1. The third-order valence-corrected chi connectivity index (χ3v) is 6.93. The molecule has 2 N–H and O–H groups in total. The van der Waals surface area contributed by atoms with Gasteiger partial charge in [0.2, 0.25) is 10.0 Å². The molecule has 0 saturated heterocycles. The molecule has 5 nitrogen and oxygen atoms in total. The largest absolute Gasteiger partial charge is 0.477 e. The van der Waals surface area contributed by atoms with Gasteiger partial charge in [0.25, 0.3) is 0 Å². The van der Waals surface area contributed by atoms with Gasteiger partial charge in [0.15, 0.2) is 0 Å². The number of aryl methyl sites for hydroxylation is 1. The van der Waals surface area contributed by atoms with Gasteiger partial charge in [0.1, 0.15) is 9.77 Å². The van der Waals surface area contributed by atoms with Crippen LogP contribution >= 0.6 is 11.3 Å². The van der Waals surface area contributed by atoms with Crippen molar-refractivity contribution >= 4 is 27.3 Å². The Morgan fingerprint density at radius 1 is 1.38 bits per heavy atom. The van der Waals surface area contributed by atoms with E-state index in [1.807, 2.05) is 0 Å². The van der Waals surface area contributed by atoms with Crippen LogP contribution in [0.3, 0.4) is 0 Å². The third-order valence-electron chi connectivity index (χ3n) is 4.13. The molecule has 0 radical (unpaired) electrons. The van der Waals surface area contributed by atoms with E-state index in [0.717, 1.165) is 37.0 Å². The highest BCUT2D eigenvalue weighted by molar-refractivity contribution is 7.89. The van der Waals surface area contributed by atoms with Gasteiger partial charge in [-0.25, -0.2) is 17.9 Å². The number of carboxylic acid groups (broad SMARTS) is 1. The van der Waals surface area contributed by atoms with Crippen molar-refractivity contribution in [1.82, 2.24) is 4.72 Å². The molecule has 0 atom stereocenters. The zero-order valence-corrected chi connectivity index (χ0v) is 13.9. The number of hydrogen-bond donors (Lipinski definition) is 2. The predicted octanol–water partition coefficient (Wildman–Crippen LogP) is 3.00. The molecule has 1 aliphatic rings. The van der Waals surface area contributed by atoms with E-state index >= 15 is 0 Å². The van der Waals surface area contributed by atoms with E-state index in [1.54, 1.807) is 12.3 Å². The van der Waals surface area contributed by atoms with Crippen LogP contribution in [-0.4, -0.2) is 26.0 Å². The second-order valence-corrected chi connectivity index (χ2v) is 8.66. The van der Waals surface area contributed by atoms with Gasteiger partial charge < -0.3 is 5.11 Å². The highest BCUT2D eigenvalue weighted by Crippen LogP contribution is 2.35. The first kappa shape index (κ1) is 16.5. The van der Waals surface area contributed by atoms with Crippen molar-refractivity contribution in [2.75, 3.05) is 6.54 Å². The lowest BCUT2D eigenvalue weighted by Crippen LogP contribution is -2.37. The average molecular weight is 331 g/mol. The molecule has 1 aliphatic carbocycles. The first-order chi connectivity index (χ1) is 9.75. The van der Waals surface area contributed by atoms with Crippen LogP contribution in [0.2, 0.25) is 0 Å². The highest BCUT2D eigenvalue weighted by Gasteiger charge is 2.31. The number of aromatic carboxylic acids is 1. The van der Waals surface area contributed by atoms with Gasteiger partial charge in [-0.05, 0) is 36.1 Å². The zero-order valence-electron chi connectivity index (χ0n) is 12.3. The van der Waals surface area contributed by atoms with Crippen molar-refractivity contribution in [3.05, 3.63) is 15.8 Å². The Bertz CT molecular complexity index is 627. The van der Waals surface area contributed by atoms with Crippen LogP contribution in [0, 0.1) is 12.3 Å². The SMILES string of the molecule is Cc1csc(C(=O)O)c1S(=O)(=O)NCC1(C)CCCCC1. The molecule has 0 amide bonds. The monoisotopic (exact) mass is 331 g/mol. The normalized spacial score (nSPS) is 18.6. The molecular formula is C14H21NO4S2. The van der Waals surface area contributed by atoms with E-state index in [2.05, 4.69) is 11.6 Å². The molecule has 1 saturated carbocycles. The Morgan fingerprint density at radius 3 is 2.57 bits per heavy atom. The summed E-state index contributed by atoms with van der Waals surface area (Å²) in [5, 5.41) is 10.7. The summed E-state index contributed by atoms with van der Waals surface area (Å²) >= 11 is 0.953. The van der Waals surface area contributed by atoms with E-state index in [1.165, 1.54) is 6.42 Å². The zero-order chi connectivity index (χ0) is 15.7. The summed E-state index contributed by atoms with van der Waals surface area (Å²) in [7, 11) is -3.78. The second kappa shape index (κ2) is 6.06. The molecule has 0 aliphatic heterocycles. The summed E-state index contributed by atoms with van der Waals surface area (Å²) in [5.41, 5.74) is 0.456. The Hall–Kier alpha value is -0.920.